The Labute approximate surface area is 122 Å². The molecule has 0 radical (unpaired) electrons. The van der Waals surface area contributed by atoms with E-state index in [1.165, 1.54) is 0 Å². The van der Waals surface area contributed by atoms with Gasteiger partial charge in [0, 0.05) is 10.0 Å². The maximum atomic E-state index is 6.16. The lowest BCUT2D eigenvalue weighted by atomic mass is 10.2. The summed E-state index contributed by atoms with van der Waals surface area (Å²) in [5.41, 5.74) is 0.941. The minimum absolute atomic E-state index is 0.572. The fourth-order valence-corrected chi connectivity index (χ4v) is 2.13. The summed E-state index contributed by atoms with van der Waals surface area (Å²) in [6.07, 6.45) is 2.65. The molecule has 0 aliphatic heterocycles. The molecule has 0 aliphatic rings. The third-order valence-corrected chi connectivity index (χ3v) is 3.34. The Balaban J connectivity index is 2.10. The Morgan fingerprint density at radius 3 is 2.95 bits per heavy atom. The molecule has 2 aromatic rings. The van der Waals surface area contributed by atoms with Gasteiger partial charge in [0.2, 0.25) is 0 Å². The number of rotatable bonds is 6. The molecule has 0 saturated carbocycles. The van der Waals surface area contributed by atoms with E-state index in [4.69, 9.17) is 23.2 Å². The highest BCUT2D eigenvalue weighted by molar-refractivity contribution is 6.33. The van der Waals surface area contributed by atoms with Crippen molar-refractivity contribution in [1.82, 2.24) is 20.1 Å². The number of nitrogens with zero attached hydrogens (tertiary/aromatic N) is 3. The van der Waals surface area contributed by atoms with E-state index in [-0.39, 0.29) is 0 Å². The van der Waals surface area contributed by atoms with Crippen LogP contribution < -0.4 is 5.32 Å². The first-order chi connectivity index (χ1) is 9.20. The van der Waals surface area contributed by atoms with Crippen LogP contribution in [0.1, 0.15) is 24.7 Å². The monoisotopic (exact) mass is 298 g/mol. The highest BCUT2D eigenvalue weighted by Crippen LogP contribution is 2.21. The predicted molar refractivity (Wildman–Crippen MR) is 77.6 cm³/mol. The fraction of sp³-hybridized carbons (Fsp3) is 0.385. The number of hydrogen-bond donors (Lipinski definition) is 1. The lowest BCUT2D eigenvalue weighted by Gasteiger charge is -2.08. The van der Waals surface area contributed by atoms with E-state index in [1.54, 1.807) is 18.5 Å². The van der Waals surface area contributed by atoms with Crippen LogP contribution in [0, 0.1) is 0 Å². The summed E-state index contributed by atoms with van der Waals surface area (Å²) in [4.78, 5) is 4.25. The molecule has 0 fully saturated rings. The molecule has 0 bridgehead atoms. The van der Waals surface area contributed by atoms with Crippen molar-refractivity contribution in [2.75, 3.05) is 6.54 Å². The van der Waals surface area contributed by atoms with Crippen molar-refractivity contribution < 1.29 is 0 Å². The summed E-state index contributed by atoms with van der Waals surface area (Å²) in [5.74, 6) is 0.893. The molecule has 0 amide bonds. The van der Waals surface area contributed by atoms with Gasteiger partial charge < -0.3 is 5.32 Å². The molecule has 0 atom stereocenters. The molecule has 1 heterocycles. The predicted octanol–water partition coefficient (Wildman–Crippen LogP) is 3.13. The van der Waals surface area contributed by atoms with Gasteiger partial charge in [-0.1, -0.05) is 30.1 Å². The zero-order valence-electron chi connectivity index (χ0n) is 10.7. The molecule has 4 nitrogen and oxygen atoms in total. The largest absolute Gasteiger partial charge is 0.310 e. The molecule has 0 saturated heterocycles. The highest BCUT2D eigenvalue weighted by Gasteiger charge is 2.07. The van der Waals surface area contributed by atoms with Crippen LogP contribution in [0.2, 0.25) is 10.0 Å². The second kappa shape index (κ2) is 6.89. The molecule has 2 rings (SSSR count). The van der Waals surface area contributed by atoms with E-state index in [0.717, 1.165) is 24.4 Å². The van der Waals surface area contributed by atoms with Crippen molar-refractivity contribution in [3.63, 3.8) is 0 Å². The lowest BCUT2D eigenvalue weighted by molar-refractivity contribution is 0.583. The number of halogens is 2. The molecule has 19 heavy (non-hydrogen) atoms. The average molecular weight is 299 g/mol. The zero-order valence-corrected chi connectivity index (χ0v) is 12.2. The Hall–Kier alpha value is -1.10. The van der Waals surface area contributed by atoms with Gasteiger partial charge in [0.1, 0.15) is 12.2 Å². The molecule has 102 valence electrons. The second-order valence-corrected chi connectivity index (χ2v) is 5.09. The quantitative estimate of drug-likeness (QED) is 0.833. The third kappa shape index (κ3) is 3.93. The zero-order chi connectivity index (χ0) is 13.7. The first-order valence-electron chi connectivity index (χ1n) is 6.22. The Kier molecular flexibility index (Phi) is 5.19. The number of hydrogen-bond acceptors (Lipinski definition) is 3. The van der Waals surface area contributed by atoms with Crippen LogP contribution in [0.15, 0.2) is 24.5 Å². The summed E-state index contributed by atoms with van der Waals surface area (Å²) >= 11 is 12.1. The lowest BCUT2D eigenvalue weighted by Crippen LogP contribution is -2.18. The molecule has 1 aromatic heterocycles. The van der Waals surface area contributed by atoms with Gasteiger partial charge in [0.25, 0.3) is 0 Å². The summed E-state index contributed by atoms with van der Waals surface area (Å²) in [6.45, 7) is 4.36. The van der Waals surface area contributed by atoms with Crippen LogP contribution in [0.3, 0.4) is 0 Å². The van der Waals surface area contributed by atoms with Crippen molar-refractivity contribution in [2.45, 2.75) is 26.4 Å². The Morgan fingerprint density at radius 2 is 2.16 bits per heavy atom. The van der Waals surface area contributed by atoms with Gasteiger partial charge in [-0.25, -0.2) is 9.67 Å². The van der Waals surface area contributed by atoms with Gasteiger partial charge >= 0.3 is 0 Å². The average Bonchev–Trinajstić information content (AvgIpc) is 2.82. The fourth-order valence-electron chi connectivity index (χ4n) is 1.76. The first-order valence-corrected chi connectivity index (χ1v) is 6.97. The van der Waals surface area contributed by atoms with Crippen molar-refractivity contribution in [1.29, 1.82) is 0 Å². The van der Waals surface area contributed by atoms with Crippen LogP contribution in [0.5, 0.6) is 0 Å². The highest BCUT2D eigenvalue weighted by atomic mass is 35.5. The normalized spacial score (nSPS) is 10.9. The van der Waals surface area contributed by atoms with E-state index in [1.807, 2.05) is 10.7 Å². The number of nitrogens with one attached hydrogen (secondary N) is 1. The molecular formula is C13H16Cl2N4. The van der Waals surface area contributed by atoms with Crippen LogP contribution in [-0.4, -0.2) is 21.3 Å². The van der Waals surface area contributed by atoms with E-state index in [2.05, 4.69) is 22.3 Å². The third-order valence-electron chi connectivity index (χ3n) is 2.73. The van der Waals surface area contributed by atoms with Crippen LogP contribution >= 0.6 is 23.2 Å². The van der Waals surface area contributed by atoms with Gasteiger partial charge in [-0.15, -0.1) is 0 Å². The van der Waals surface area contributed by atoms with E-state index in [0.29, 0.717) is 23.1 Å². The standard InChI is InChI=1S/C13H16Cl2N4/c1-2-5-16-7-13-17-9-18-19(13)8-10-6-11(14)3-4-12(10)15/h3-4,6,9,16H,2,5,7-8H2,1H3. The van der Waals surface area contributed by atoms with Crippen LogP contribution in [0.25, 0.3) is 0 Å². The first kappa shape index (κ1) is 14.3. The van der Waals surface area contributed by atoms with Crippen LogP contribution in [0.4, 0.5) is 0 Å². The smallest absolute Gasteiger partial charge is 0.141 e. The minimum Gasteiger partial charge on any atom is -0.310 e. The van der Waals surface area contributed by atoms with E-state index in [9.17, 15) is 0 Å². The molecule has 0 aliphatic carbocycles. The topological polar surface area (TPSA) is 42.7 Å². The van der Waals surface area contributed by atoms with E-state index >= 15 is 0 Å². The minimum atomic E-state index is 0.572. The van der Waals surface area contributed by atoms with Gasteiger partial charge in [-0.05, 0) is 36.7 Å². The summed E-state index contributed by atoms with van der Waals surface area (Å²) in [5, 5.41) is 8.89. The van der Waals surface area contributed by atoms with Crippen molar-refractivity contribution in [3.8, 4) is 0 Å². The summed E-state index contributed by atoms with van der Waals surface area (Å²) < 4.78 is 1.83. The molecule has 1 N–H and O–H groups in total. The van der Waals surface area contributed by atoms with E-state index < -0.39 is 0 Å². The van der Waals surface area contributed by atoms with Gasteiger partial charge in [0.05, 0.1) is 13.1 Å². The molecule has 0 spiro atoms. The molecular weight excluding hydrogens is 283 g/mol. The SMILES string of the molecule is CCCNCc1ncnn1Cc1cc(Cl)ccc1Cl. The number of aromatic nitrogens is 3. The molecule has 6 heteroatoms. The second-order valence-electron chi connectivity index (χ2n) is 4.25. The maximum absolute atomic E-state index is 6.16. The summed E-state index contributed by atoms with van der Waals surface area (Å²) in [6, 6.07) is 5.43. The van der Waals surface area contributed by atoms with Crippen LogP contribution in [-0.2, 0) is 13.1 Å². The molecule has 1 aromatic carbocycles. The molecule has 0 unspecified atom stereocenters. The van der Waals surface area contributed by atoms with Gasteiger partial charge in [-0.2, -0.15) is 5.10 Å². The summed E-state index contributed by atoms with van der Waals surface area (Å²) in [7, 11) is 0. The Morgan fingerprint density at radius 1 is 1.32 bits per heavy atom. The van der Waals surface area contributed by atoms with Gasteiger partial charge in [-0.3, -0.25) is 0 Å². The number of benzene rings is 1. The van der Waals surface area contributed by atoms with Crippen molar-refractivity contribution >= 4 is 23.2 Å². The van der Waals surface area contributed by atoms with Crippen molar-refractivity contribution in [3.05, 3.63) is 46.0 Å². The Bertz CT molecular complexity index is 539. The van der Waals surface area contributed by atoms with Gasteiger partial charge in [0.15, 0.2) is 0 Å². The maximum Gasteiger partial charge on any atom is 0.141 e. The van der Waals surface area contributed by atoms with Crippen molar-refractivity contribution in [2.24, 2.45) is 0 Å².